The number of rotatable bonds is 3. The smallest absolute Gasteiger partial charge is 0.323 e. The minimum absolute atomic E-state index is 0.328. The van der Waals surface area contributed by atoms with Crippen LogP contribution in [0.5, 0.6) is 0 Å². The molecule has 1 aromatic rings. The van der Waals surface area contributed by atoms with E-state index >= 15 is 0 Å². The van der Waals surface area contributed by atoms with Gasteiger partial charge in [-0.05, 0) is 19.9 Å². The van der Waals surface area contributed by atoms with Crippen molar-refractivity contribution in [2.75, 3.05) is 6.26 Å². The van der Waals surface area contributed by atoms with Gasteiger partial charge in [-0.3, -0.25) is 4.98 Å². The lowest BCUT2D eigenvalue weighted by Gasteiger charge is -2.31. The van der Waals surface area contributed by atoms with Gasteiger partial charge in [0.25, 0.3) is 0 Å². The fourth-order valence-corrected chi connectivity index (χ4v) is 2.11. The van der Waals surface area contributed by atoms with Crippen LogP contribution in [0.15, 0.2) is 18.5 Å². The third-order valence-corrected chi connectivity index (χ3v) is 5.36. The molecule has 0 aliphatic rings. The summed E-state index contributed by atoms with van der Waals surface area (Å²) in [6.45, 7) is 2.58. The number of hydrogen-bond donors (Lipinski definition) is 1. The maximum atomic E-state index is 12.9. The second-order valence-electron chi connectivity index (χ2n) is 4.81. The van der Waals surface area contributed by atoms with Gasteiger partial charge >= 0.3 is 6.18 Å². The van der Waals surface area contributed by atoms with Crippen LogP contribution in [0, 0.1) is 0 Å². The maximum Gasteiger partial charge on any atom is 0.416 e. The highest BCUT2D eigenvalue weighted by molar-refractivity contribution is 7.92. The highest BCUT2D eigenvalue weighted by atomic mass is 32.2. The molecule has 1 aromatic heterocycles. The minimum atomic E-state index is -4.61. The number of alkyl halides is 3. The van der Waals surface area contributed by atoms with Crippen molar-refractivity contribution in [3.63, 3.8) is 0 Å². The molecule has 1 atom stereocenters. The average molecular weight is 296 g/mol. The Balaban J connectivity index is 3.41. The summed E-state index contributed by atoms with van der Waals surface area (Å²) in [7, 11) is -3.63. The first-order valence-corrected chi connectivity index (χ1v) is 7.24. The first-order valence-electron chi connectivity index (χ1n) is 5.35. The van der Waals surface area contributed by atoms with Gasteiger partial charge in [0.05, 0.1) is 16.4 Å². The van der Waals surface area contributed by atoms with Crippen LogP contribution < -0.4 is 5.73 Å². The molecule has 1 unspecified atom stereocenters. The Morgan fingerprint density at radius 3 is 2.26 bits per heavy atom. The third-order valence-electron chi connectivity index (χ3n) is 3.20. The van der Waals surface area contributed by atoms with Gasteiger partial charge in [-0.1, -0.05) is 0 Å². The predicted octanol–water partition coefficient (Wildman–Crippen LogP) is 1.92. The van der Waals surface area contributed by atoms with E-state index in [4.69, 9.17) is 5.73 Å². The van der Waals surface area contributed by atoms with Gasteiger partial charge in [0.1, 0.15) is 0 Å². The van der Waals surface area contributed by atoms with E-state index in [9.17, 15) is 21.6 Å². The van der Waals surface area contributed by atoms with Gasteiger partial charge in [-0.15, -0.1) is 0 Å². The van der Waals surface area contributed by atoms with Gasteiger partial charge in [0, 0.05) is 24.2 Å². The lowest BCUT2D eigenvalue weighted by molar-refractivity contribution is -0.138. The van der Waals surface area contributed by atoms with Crippen molar-refractivity contribution < 1.29 is 21.6 Å². The molecule has 0 amide bonds. The molecular formula is C11H15F3N2O2S. The van der Waals surface area contributed by atoms with Crippen molar-refractivity contribution in [1.29, 1.82) is 0 Å². The Labute approximate surface area is 109 Å². The molecule has 0 saturated heterocycles. The van der Waals surface area contributed by atoms with Crippen LogP contribution in [-0.2, 0) is 16.0 Å². The fourth-order valence-electron chi connectivity index (χ4n) is 1.52. The van der Waals surface area contributed by atoms with Gasteiger partial charge in [0.15, 0.2) is 9.84 Å². The third kappa shape index (κ3) is 3.06. The zero-order valence-corrected chi connectivity index (χ0v) is 11.5. The average Bonchev–Trinajstić information content (AvgIpc) is 2.25. The van der Waals surface area contributed by atoms with Crippen molar-refractivity contribution in [2.24, 2.45) is 5.73 Å². The first-order chi connectivity index (χ1) is 8.39. The van der Waals surface area contributed by atoms with Gasteiger partial charge in [-0.2, -0.15) is 13.2 Å². The largest absolute Gasteiger partial charge is 0.416 e. The second kappa shape index (κ2) is 4.75. The van der Waals surface area contributed by atoms with E-state index in [-0.39, 0.29) is 5.56 Å². The molecule has 0 aromatic carbocycles. The van der Waals surface area contributed by atoms with Crippen LogP contribution in [0.25, 0.3) is 0 Å². The van der Waals surface area contributed by atoms with Gasteiger partial charge in [-0.25, -0.2) is 8.42 Å². The highest BCUT2D eigenvalue weighted by Gasteiger charge is 2.42. The van der Waals surface area contributed by atoms with Crippen molar-refractivity contribution in [1.82, 2.24) is 4.98 Å². The van der Waals surface area contributed by atoms with Crippen LogP contribution >= 0.6 is 0 Å². The van der Waals surface area contributed by atoms with Crippen molar-refractivity contribution in [2.45, 2.75) is 30.8 Å². The summed E-state index contributed by atoms with van der Waals surface area (Å²) in [6.07, 6.45) is -1.72. The van der Waals surface area contributed by atoms with Gasteiger partial charge < -0.3 is 5.73 Å². The number of pyridine rings is 1. The molecule has 1 rings (SSSR count). The molecule has 2 N–H and O–H groups in total. The molecule has 4 nitrogen and oxygen atoms in total. The quantitative estimate of drug-likeness (QED) is 0.925. The van der Waals surface area contributed by atoms with E-state index in [1.807, 2.05) is 0 Å². The zero-order valence-electron chi connectivity index (χ0n) is 10.7. The highest BCUT2D eigenvalue weighted by Crippen LogP contribution is 2.38. The summed E-state index contributed by atoms with van der Waals surface area (Å²) in [5.74, 6) is 0. The van der Waals surface area contributed by atoms with E-state index < -0.39 is 32.4 Å². The molecule has 108 valence electrons. The van der Waals surface area contributed by atoms with Gasteiger partial charge in [0.2, 0.25) is 0 Å². The molecular weight excluding hydrogens is 281 g/mol. The summed E-state index contributed by atoms with van der Waals surface area (Å²) >= 11 is 0. The van der Waals surface area contributed by atoms with Crippen molar-refractivity contribution in [3.8, 4) is 0 Å². The van der Waals surface area contributed by atoms with Crippen LogP contribution in [0.4, 0.5) is 13.2 Å². The molecule has 8 heteroatoms. The molecule has 0 aliphatic carbocycles. The standard InChI is InChI=1S/C11H15F3N2O2S/c1-10(2,19(3,17)18)9(15)7-6-16-5-4-8(7)11(12,13)14/h4-6,9H,15H2,1-3H3. The molecule has 0 aliphatic heterocycles. The minimum Gasteiger partial charge on any atom is -0.323 e. The van der Waals surface area contributed by atoms with Crippen LogP contribution in [-0.4, -0.2) is 24.4 Å². The Kier molecular flexibility index (Phi) is 3.98. The SMILES string of the molecule is CC(C)(C(N)c1cnccc1C(F)(F)F)S(C)(=O)=O. The Bertz CT molecular complexity index is 568. The number of aromatic nitrogens is 1. The monoisotopic (exact) mass is 296 g/mol. The summed E-state index contributed by atoms with van der Waals surface area (Å²) in [4.78, 5) is 3.60. The predicted molar refractivity (Wildman–Crippen MR) is 65.1 cm³/mol. The normalized spacial score (nSPS) is 15.3. The molecule has 19 heavy (non-hydrogen) atoms. The van der Waals surface area contributed by atoms with E-state index in [1.165, 1.54) is 13.8 Å². The summed E-state index contributed by atoms with van der Waals surface area (Å²) in [6, 6.07) is -0.541. The molecule has 0 bridgehead atoms. The molecule has 0 radical (unpaired) electrons. The summed E-state index contributed by atoms with van der Waals surface area (Å²) in [5, 5.41) is 0. The van der Waals surface area contributed by atoms with E-state index in [0.717, 1.165) is 24.7 Å². The maximum absolute atomic E-state index is 12.9. The lowest BCUT2D eigenvalue weighted by atomic mass is 9.93. The van der Waals surface area contributed by atoms with E-state index in [1.54, 1.807) is 0 Å². The fraction of sp³-hybridized carbons (Fsp3) is 0.545. The first kappa shape index (κ1) is 15.9. The van der Waals surface area contributed by atoms with Crippen LogP contribution in [0.3, 0.4) is 0 Å². The summed E-state index contributed by atoms with van der Waals surface area (Å²) in [5.41, 5.74) is 4.44. The van der Waals surface area contributed by atoms with Crippen molar-refractivity contribution >= 4 is 9.84 Å². The Morgan fingerprint density at radius 1 is 1.32 bits per heavy atom. The molecule has 0 fully saturated rings. The zero-order chi connectivity index (χ0) is 15.1. The number of halogens is 3. The van der Waals surface area contributed by atoms with E-state index in [0.29, 0.717) is 0 Å². The molecule has 0 saturated carbocycles. The van der Waals surface area contributed by atoms with Crippen LogP contribution in [0.1, 0.15) is 31.0 Å². The number of hydrogen-bond acceptors (Lipinski definition) is 4. The lowest BCUT2D eigenvalue weighted by Crippen LogP contribution is -2.43. The Hall–Kier alpha value is -1.15. The Morgan fingerprint density at radius 2 is 1.84 bits per heavy atom. The number of nitrogens with two attached hydrogens (primary N) is 1. The summed E-state index contributed by atoms with van der Waals surface area (Å²) < 4.78 is 60.3. The molecule has 0 spiro atoms. The second-order valence-corrected chi connectivity index (χ2v) is 7.41. The van der Waals surface area contributed by atoms with Crippen LogP contribution in [0.2, 0.25) is 0 Å². The topological polar surface area (TPSA) is 73.0 Å². The van der Waals surface area contributed by atoms with E-state index in [2.05, 4.69) is 4.98 Å². The van der Waals surface area contributed by atoms with Crippen molar-refractivity contribution in [3.05, 3.63) is 29.6 Å². The molecule has 1 heterocycles. The number of nitrogens with zero attached hydrogens (tertiary/aromatic N) is 1. The number of sulfone groups is 1.